The number of aryl methyl sites for hydroxylation is 1. The Kier molecular flexibility index (Phi) is 7.75. The number of rotatable bonds is 10. The summed E-state index contributed by atoms with van der Waals surface area (Å²) in [7, 11) is 0. The number of nitrogens with zero attached hydrogens (tertiary/aromatic N) is 6. The third-order valence-corrected chi connectivity index (χ3v) is 7.27. The topological polar surface area (TPSA) is 230 Å². The molecule has 0 aliphatic carbocycles. The third-order valence-electron chi connectivity index (χ3n) is 6.15. The van der Waals surface area contributed by atoms with Gasteiger partial charge in [-0.1, -0.05) is 16.7 Å². The SMILES string of the molecule is Cc1sc(Nc2nnc(-c3cc([N+](=O)[O-])cc([N+](=O)[O-])c3C)o2)nc1C(=O)CC(=O)Cc1nc2ccc(Cl)cc2[nH]c1=O. The van der Waals surface area contributed by atoms with Gasteiger partial charge in [-0.15, -0.1) is 16.4 Å². The van der Waals surface area contributed by atoms with Gasteiger partial charge in [-0.05, 0) is 32.0 Å². The van der Waals surface area contributed by atoms with Crippen LogP contribution in [0.3, 0.4) is 0 Å². The molecule has 0 amide bonds. The number of aromatic amines is 1. The fourth-order valence-electron chi connectivity index (χ4n) is 4.11. The molecule has 18 heteroatoms. The van der Waals surface area contributed by atoms with Crippen LogP contribution in [0.2, 0.25) is 5.02 Å². The molecule has 2 N–H and O–H groups in total. The highest BCUT2D eigenvalue weighted by molar-refractivity contribution is 7.15. The predicted molar refractivity (Wildman–Crippen MR) is 153 cm³/mol. The monoisotopic (exact) mass is 624 g/mol. The Balaban J connectivity index is 1.30. The van der Waals surface area contributed by atoms with Gasteiger partial charge in [0.25, 0.3) is 22.8 Å². The second-order valence-electron chi connectivity index (χ2n) is 9.10. The number of nitro groups is 2. The van der Waals surface area contributed by atoms with Crippen molar-refractivity contribution in [1.82, 2.24) is 25.1 Å². The highest BCUT2D eigenvalue weighted by atomic mass is 35.5. The fraction of sp³-hybridized carbons (Fsp3) is 0.160. The van der Waals surface area contributed by atoms with Crippen molar-refractivity contribution in [3.05, 3.63) is 87.8 Å². The molecular formula is C25H17ClN8O8S. The number of ketones is 2. The maximum absolute atomic E-state index is 12.9. The molecule has 43 heavy (non-hydrogen) atoms. The number of aromatic nitrogens is 5. The lowest BCUT2D eigenvalue weighted by molar-refractivity contribution is -0.394. The van der Waals surface area contributed by atoms with E-state index in [1.165, 1.54) is 13.0 Å². The van der Waals surface area contributed by atoms with Gasteiger partial charge in [-0.2, -0.15) is 0 Å². The largest absolute Gasteiger partial charge is 0.403 e. The summed E-state index contributed by atoms with van der Waals surface area (Å²) >= 11 is 6.98. The zero-order valence-corrected chi connectivity index (χ0v) is 23.6. The Bertz CT molecular complexity index is 2040. The number of hydrogen-bond donors (Lipinski definition) is 2. The van der Waals surface area contributed by atoms with Crippen molar-refractivity contribution < 1.29 is 23.9 Å². The van der Waals surface area contributed by atoms with Crippen molar-refractivity contribution in [3.63, 3.8) is 0 Å². The average molecular weight is 625 g/mol. The minimum atomic E-state index is -0.778. The molecule has 0 radical (unpaired) electrons. The van der Waals surface area contributed by atoms with Gasteiger partial charge < -0.3 is 9.40 Å². The Morgan fingerprint density at radius 1 is 1.09 bits per heavy atom. The zero-order chi connectivity index (χ0) is 31.0. The van der Waals surface area contributed by atoms with Crippen LogP contribution in [0.15, 0.2) is 39.5 Å². The number of halogens is 1. The Morgan fingerprint density at radius 3 is 2.58 bits per heavy atom. The summed E-state index contributed by atoms with van der Waals surface area (Å²) in [5, 5.41) is 33.6. The van der Waals surface area contributed by atoms with Crippen molar-refractivity contribution in [2.75, 3.05) is 5.32 Å². The Labute approximate surface area is 248 Å². The molecule has 0 aliphatic heterocycles. The van der Waals surface area contributed by atoms with Crippen molar-refractivity contribution in [2.45, 2.75) is 26.7 Å². The minimum Gasteiger partial charge on any atom is -0.403 e. The van der Waals surface area contributed by atoms with Crippen molar-refractivity contribution in [1.29, 1.82) is 0 Å². The number of anilines is 2. The summed E-state index contributed by atoms with van der Waals surface area (Å²) in [4.78, 5) is 70.5. The van der Waals surface area contributed by atoms with Crippen LogP contribution >= 0.6 is 22.9 Å². The molecule has 0 bridgehead atoms. The first kappa shape index (κ1) is 29.1. The van der Waals surface area contributed by atoms with Crippen molar-refractivity contribution in [2.24, 2.45) is 0 Å². The molecule has 0 aliphatic rings. The number of non-ortho nitro benzene ring substituents is 1. The molecule has 16 nitrogen and oxygen atoms in total. The Hall–Kier alpha value is -5.42. The summed E-state index contributed by atoms with van der Waals surface area (Å²) in [6.45, 7) is 3.01. The molecule has 218 valence electrons. The zero-order valence-electron chi connectivity index (χ0n) is 22.0. The number of hydrogen-bond acceptors (Lipinski definition) is 14. The van der Waals surface area contributed by atoms with Crippen LogP contribution in [0.5, 0.6) is 0 Å². The van der Waals surface area contributed by atoms with E-state index in [4.69, 9.17) is 16.0 Å². The molecule has 3 heterocycles. The van der Waals surface area contributed by atoms with Crippen LogP contribution in [0.1, 0.15) is 33.0 Å². The van der Waals surface area contributed by atoms with E-state index in [-0.39, 0.29) is 46.0 Å². The fourth-order valence-corrected chi connectivity index (χ4v) is 5.11. The number of fused-ring (bicyclic) bond motifs is 1. The number of nitro benzene ring substituents is 2. The number of benzene rings is 2. The maximum Gasteiger partial charge on any atom is 0.322 e. The molecule has 2 aromatic carbocycles. The number of carbonyl (C=O) groups is 2. The highest BCUT2D eigenvalue weighted by Crippen LogP contribution is 2.35. The van der Waals surface area contributed by atoms with Gasteiger partial charge in [0, 0.05) is 21.5 Å². The lowest BCUT2D eigenvalue weighted by Crippen LogP contribution is -2.20. The van der Waals surface area contributed by atoms with Crippen molar-refractivity contribution in [3.8, 4) is 11.5 Å². The van der Waals surface area contributed by atoms with E-state index in [2.05, 4.69) is 30.5 Å². The van der Waals surface area contributed by atoms with E-state index in [0.717, 1.165) is 23.5 Å². The molecule has 0 fully saturated rings. The number of nitrogens with one attached hydrogen (secondary N) is 2. The summed E-state index contributed by atoms with van der Waals surface area (Å²) in [5.41, 5.74) is -0.684. The quantitative estimate of drug-likeness (QED) is 0.0933. The lowest BCUT2D eigenvalue weighted by atomic mass is 10.1. The minimum absolute atomic E-state index is 0.00492. The number of Topliss-reactive ketones (excluding diaryl/α,β-unsaturated/α-hetero) is 2. The summed E-state index contributed by atoms with van der Waals surface area (Å²) in [6.07, 6.45) is -0.896. The molecule has 0 saturated heterocycles. The number of thiazole rings is 1. The second-order valence-corrected chi connectivity index (χ2v) is 10.7. The van der Waals surface area contributed by atoms with Crippen LogP contribution in [0.4, 0.5) is 22.5 Å². The first-order valence-electron chi connectivity index (χ1n) is 12.1. The van der Waals surface area contributed by atoms with E-state index >= 15 is 0 Å². The van der Waals surface area contributed by atoms with Crippen LogP contribution in [-0.4, -0.2) is 46.6 Å². The molecule has 0 spiro atoms. The summed E-state index contributed by atoms with van der Waals surface area (Å²) < 4.78 is 5.52. The van der Waals surface area contributed by atoms with E-state index in [0.29, 0.717) is 20.9 Å². The third kappa shape index (κ3) is 6.11. The van der Waals surface area contributed by atoms with Gasteiger partial charge in [0.15, 0.2) is 10.9 Å². The standard InChI is InChI=1S/C25H17ClN8O8S/c1-10-15(6-13(33(38)39)7-19(10)34(40)41)23-31-32-24(42-23)30-25-29-21(11(2)43-25)20(36)9-14(35)8-18-22(37)28-17-5-12(26)3-4-16(17)27-18/h3-7H,8-9H2,1-2H3,(H,28,37)(H,29,30,32). The average Bonchev–Trinajstić information content (AvgIpc) is 3.55. The van der Waals surface area contributed by atoms with E-state index < -0.39 is 44.8 Å². The van der Waals surface area contributed by atoms with Gasteiger partial charge >= 0.3 is 6.01 Å². The van der Waals surface area contributed by atoms with Gasteiger partial charge in [0.05, 0.1) is 45.4 Å². The smallest absolute Gasteiger partial charge is 0.322 e. The van der Waals surface area contributed by atoms with Gasteiger partial charge in [-0.25, -0.2) is 9.97 Å². The molecule has 0 unspecified atom stereocenters. The normalized spacial score (nSPS) is 11.0. The summed E-state index contributed by atoms with van der Waals surface area (Å²) in [5.74, 6) is -1.34. The second kappa shape index (κ2) is 11.5. The van der Waals surface area contributed by atoms with Crippen LogP contribution in [0, 0.1) is 34.1 Å². The van der Waals surface area contributed by atoms with Crippen LogP contribution in [-0.2, 0) is 11.2 Å². The van der Waals surface area contributed by atoms with E-state index in [9.17, 15) is 34.6 Å². The van der Waals surface area contributed by atoms with E-state index in [1.807, 2.05) is 0 Å². The molecular weight excluding hydrogens is 608 g/mol. The van der Waals surface area contributed by atoms with Gasteiger partial charge in [0.2, 0.25) is 0 Å². The first-order chi connectivity index (χ1) is 20.4. The van der Waals surface area contributed by atoms with Crippen LogP contribution in [0.25, 0.3) is 22.5 Å². The molecule has 0 saturated carbocycles. The Morgan fingerprint density at radius 2 is 1.86 bits per heavy atom. The number of carbonyl (C=O) groups excluding carboxylic acids is 2. The first-order valence-corrected chi connectivity index (χ1v) is 13.3. The lowest BCUT2D eigenvalue weighted by Gasteiger charge is -2.03. The van der Waals surface area contributed by atoms with Crippen LogP contribution < -0.4 is 10.9 Å². The molecule has 0 atom stereocenters. The van der Waals surface area contributed by atoms with Gasteiger partial charge in [0.1, 0.15) is 17.2 Å². The maximum atomic E-state index is 12.9. The molecule has 5 aromatic rings. The van der Waals surface area contributed by atoms with Gasteiger partial charge in [-0.3, -0.25) is 39.9 Å². The predicted octanol–water partition coefficient (Wildman–Crippen LogP) is 4.64. The van der Waals surface area contributed by atoms with Crippen molar-refractivity contribution >= 4 is 68.1 Å². The van der Waals surface area contributed by atoms with E-state index in [1.54, 1.807) is 19.1 Å². The highest BCUT2D eigenvalue weighted by Gasteiger charge is 2.26. The molecule has 5 rings (SSSR count). The summed E-state index contributed by atoms with van der Waals surface area (Å²) in [6, 6.07) is 6.45. The molecule has 3 aromatic heterocycles. The number of H-pyrrole nitrogens is 1.